The van der Waals surface area contributed by atoms with Crippen molar-refractivity contribution < 1.29 is 72.7 Å². The summed E-state index contributed by atoms with van der Waals surface area (Å²) >= 11 is 0. The summed E-state index contributed by atoms with van der Waals surface area (Å²) in [5.41, 5.74) is -1.16. The van der Waals surface area contributed by atoms with Crippen molar-refractivity contribution >= 4 is 58.8 Å². The predicted octanol–water partition coefficient (Wildman–Crippen LogP) is 1.94. The van der Waals surface area contributed by atoms with Crippen molar-refractivity contribution in [1.82, 2.24) is 20.4 Å². The number of aliphatic hydroxyl groups excluding tert-OH is 2. The summed E-state index contributed by atoms with van der Waals surface area (Å²) in [6, 6.07) is 10.8. The summed E-state index contributed by atoms with van der Waals surface area (Å²) in [5.74, 6) is -8.29. The van der Waals surface area contributed by atoms with Gasteiger partial charge in [-0.3, -0.25) is 50.1 Å². The maximum absolute atomic E-state index is 14.2. The van der Waals surface area contributed by atoms with Gasteiger partial charge in [0, 0.05) is 67.5 Å². The van der Waals surface area contributed by atoms with Crippen LogP contribution in [0.25, 0.3) is 0 Å². The van der Waals surface area contributed by atoms with E-state index in [0.29, 0.717) is 5.57 Å². The van der Waals surface area contributed by atoms with Gasteiger partial charge in [-0.2, -0.15) is 0 Å². The van der Waals surface area contributed by atoms with Gasteiger partial charge in [-0.25, -0.2) is 19.2 Å². The van der Waals surface area contributed by atoms with Crippen molar-refractivity contribution in [3.8, 4) is 0 Å². The van der Waals surface area contributed by atoms with Gasteiger partial charge in [0.05, 0.1) is 61.8 Å². The summed E-state index contributed by atoms with van der Waals surface area (Å²) in [7, 11) is 0. The number of hydrogen-bond donors (Lipinski definition) is 4. The minimum absolute atomic E-state index is 0.0344. The number of aliphatic imine (C=N–C) groups is 1. The van der Waals surface area contributed by atoms with E-state index in [1.807, 2.05) is 5.32 Å². The van der Waals surface area contributed by atoms with Crippen molar-refractivity contribution in [2.75, 3.05) is 26.4 Å². The molecule has 7 rings (SSSR count). The second-order valence-corrected chi connectivity index (χ2v) is 15.3. The number of Topliss-reactive ketones (excluding diaryl/α,β-unsaturated/α-hetero) is 1. The minimum Gasteiger partial charge on any atom is -0.393 e. The van der Waals surface area contributed by atoms with Crippen molar-refractivity contribution in [2.24, 2.45) is 16.8 Å². The van der Waals surface area contributed by atoms with Crippen molar-refractivity contribution in [2.45, 2.75) is 43.9 Å². The van der Waals surface area contributed by atoms with E-state index in [4.69, 9.17) is 18.9 Å². The van der Waals surface area contributed by atoms with Crippen LogP contribution in [0.2, 0.25) is 0 Å². The van der Waals surface area contributed by atoms with Crippen LogP contribution in [0.3, 0.4) is 0 Å². The molecule has 0 radical (unpaired) electrons. The number of guanidine groups is 1. The molecule has 3 fully saturated rings. The Hall–Kier alpha value is -7.91. The number of alkyl carbamates (subject to hydrolysis) is 1. The van der Waals surface area contributed by atoms with Crippen LogP contribution in [0.1, 0.15) is 44.9 Å². The largest absolute Gasteiger partial charge is 0.444 e. The van der Waals surface area contributed by atoms with Crippen LogP contribution < -0.4 is 10.6 Å². The van der Waals surface area contributed by atoms with Crippen LogP contribution in [0.4, 0.5) is 26.7 Å². The molecule has 0 saturated carbocycles. The number of fused-ring (bicyclic) bond motifs is 1. The Kier molecular flexibility index (Phi) is 12.8. The number of amides is 3. The third kappa shape index (κ3) is 8.93. The molecule has 0 aliphatic carbocycles. The molecule has 3 amide bonds. The molecular formula is C40H36N8O18. The molecular weight excluding hydrogens is 880 g/mol. The van der Waals surface area contributed by atoms with Crippen LogP contribution in [-0.4, -0.2) is 133 Å². The standard InChI is InChI=1S/C40H36N8O18/c1-19-27(32(45-31(19)30(20(2)49)34(45)52)40(63-18-64-40)33(51)21-3-9-24(10-4-21)46(57)58)15-44-16-28(29(50)17-44)41-37(42-38(55)65-35(53)22-5-11-25(12-6-22)47(59)60)43-39(56)66-36(54)23-7-13-26(14-8-23)48(61)62/h3-14,19-20,28-31,49-50H,15-18H2,1-2H3,(H2,41,42,43,55,56)/t19-,20+,28+,29+,30?,31+/m0/s1. The molecule has 0 bridgehead atoms. The molecule has 26 heteroatoms. The Morgan fingerprint density at radius 2 is 1.33 bits per heavy atom. The maximum atomic E-state index is 14.2. The summed E-state index contributed by atoms with van der Waals surface area (Å²) in [6.45, 7) is 2.52. The van der Waals surface area contributed by atoms with Gasteiger partial charge in [0.2, 0.25) is 17.6 Å². The number of carbonyl (C=O) groups excluding carboxylic acids is 6. The molecule has 4 aliphatic rings. The second-order valence-electron chi connectivity index (χ2n) is 15.3. The van der Waals surface area contributed by atoms with E-state index in [1.54, 1.807) is 11.8 Å². The number of carbonyl (C=O) groups is 6. The van der Waals surface area contributed by atoms with Gasteiger partial charge in [0.1, 0.15) is 0 Å². The molecule has 26 nitrogen and oxygen atoms in total. The van der Waals surface area contributed by atoms with E-state index in [9.17, 15) is 69.3 Å². The number of benzene rings is 3. The van der Waals surface area contributed by atoms with Crippen molar-refractivity contribution in [3.63, 3.8) is 0 Å². The van der Waals surface area contributed by atoms with Crippen LogP contribution in [0, 0.1) is 42.2 Å². The molecule has 66 heavy (non-hydrogen) atoms. The average Bonchev–Trinajstić information content (AvgIpc) is 3.71. The molecule has 0 spiro atoms. The van der Waals surface area contributed by atoms with Crippen LogP contribution in [-0.2, 0) is 23.7 Å². The number of β-amino-alcohol motifs (C(OH)–C–C–N with tert-alkyl or cyclic N) is 1. The fraction of sp³-hybridized carbons (Fsp3) is 0.325. The van der Waals surface area contributed by atoms with E-state index < -0.39 is 98.5 Å². The van der Waals surface area contributed by atoms with E-state index in [0.717, 1.165) is 60.7 Å². The number of ketones is 1. The van der Waals surface area contributed by atoms with Gasteiger partial charge in [0.15, 0.2) is 6.79 Å². The van der Waals surface area contributed by atoms with E-state index >= 15 is 0 Å². The highest BCUT2D eigenvalue weighted by molar-refractivity contribution is 6.07. The number of rotatable bonds is 12. The Balaban J connectivity index is 1.13. The summed E-state index contributed by atoms with van der Waals surface area (Å²) in [5, 5.41) is 59.9. The number of nitrogens with zero attached hydrogens (tertiary/aromatic N) is 6. The van der Waals surface area contributed by atoms with Gasteiger partial charge in [-0.15, -0.1) is 4.99 Å². The molecule has 0 aromatic heterocycles. The third-order valence-corrected chi connectivity index (χ3v) is 11.3. The second kappa shape index (κ2) is 18.3. The maximum Gasteiger partial charge on any atom is 0.444 e. The zero-order chi connectivity index (χ0) is 47.8. The quantitative estimate of drug-likeness (QED) is 0.0295. The molecule has 4 N–H and O–H groups in total. The zero-order valence-electron chi connectivity index (χ0n) is 34.3. The highest BCUT2D eigenvalue weighted by Gasteiger charge is 2.66. The number of β-lactam (4-membered cyclic amide) rings is 1. The van der Waals surface area contributed by atoms with Gasteiger partial charge < -0.3 is 39.4 Å². The van der Waals surface area contributed by atoms with Crippen LogP contribution in [0.5, 0.6) is 0 Å². The monoisotopic (exact) mass is 916 g/mol. The lowest BCUT2D eigenvalue weighted by molar-refractivity contribution is -0.385. The molecule has 6 atom stereocenters. The Morgan fingerprint density at radius 1 is 0.833 bits per heavy atom. The Bertz CT molecular complexity index is 2590. The first-order valence-corrected chi connectivity index (χ1v) is 19.6. The first kappa shape index (κ1) is 46.1. The first-order chi connectivity index (χ1) is 31.3. The summed E-state index contributed by atoms with van der Waals surface area (Å²) in [6.07, 6.45) is -5.62. The van der Waals surface area contributed by atoms with Gasteiger partial charge in [-0.1, -0.05) is 6.92 Å². The lowest BCUT2D eigenvalue weighted by Crippen LogP contribution is -2.68. The predicted molar refractivity (Wildman–Crippen MR) is 217 cm³/mol. The lowest BCUT2D eigenvalue weighted by atomic mass is 9.77. The number of nitro benzene ring substituents is 3. The number of aliphatic hydroxyl groups is 2. The fourth-order valence-corrected chi connectivity index (χ4v) is 8.07. The Morgan fingerprint density at radius 3 is 1.80 bits per heavy atom. The minimum atomic E-state index is -2.17. The SMILES string of the molecule is C[C@@H](O)C1C(=O)N2C(C3(C(=O)c4ccc([N+](=O)[O-])cc4)OCO3)=C(CN3C[C@@H](O)[C@H](NC(=NC(=O)OC(=O)c4ccc([N+](=O)[O-])cc4)NC(=O)OC(=O)c4ccc([N+](=O)[O-])cc4)C3)[C@H](C)[C@H]12. The normalized spacial score (nSPS) is 22.5. The first-order valence-electron chi connectivity index (χ1n) is 19.6. The molecule has 3 aromatic carbocycles. The van der Waals surface area contributed by atoms with Crippen molar-refractivity contribution in [3.05, 3.63) is 131 Å². The Labute approximate surface area is 369 Å². The number of hydrogen-bond acceptors (Lipinski definition) is 19. The molecule has 3 saturated heterocycles. The zero-order valence-corrected chi connectivity index (χ0v) is 34.3. The van der Waals surface area contributed by atoms with E-state index in [2.05, 4.69) is 10.3 Å². The number of likely N-dealkylation sites (tertiary alicyclic amines) is 1. The smallest absolute Gasteiger partial charge is 0.393 e. The number of nitrogens with one attached hydrogen (secondary N) is 2. The number of ether oxygens (including phenoxy) is 4. The molecule has 1 unspecified atom stereocenters. The number of non-ortho nitro benzene ring substituents is 3. The lowest BCUT2D eigenvalue weighted by Gasteiger charge is -2.51. The van der Waals surface area contributed by atoms with Gasteiger partial charge >= 0.3 is 24.1 Å². The third-order valence-electron chi connectivity index (χ3n) is 11.3. The highest BCUT2D eigenvalue weighted by Crippen LogP contribution is 2.53. The van der Waals surface area contributed by atoms with Crippen molar-refractivity contribution in [1.29, 1.82) is 0 Å². The number of esters is 2. The topological polar surface area (TPSA) is 352 Å². The highest BCUT2D eigenvalue weighted by atomic mass is 16.9. The molecule has 344 valence electrons. The van der Waals surface area contributed by atoms with E-state index in [1.165, 1.54) is 24.0 Å². The summed E-state index contributed by atoms with van der Waals surface area (Å²) < 4.78 is 21.2. The molecule has 4 aliphatic heterocycles. The van der Waals surface area contributed by atoms with Crippen LogP contribution >= 0.6 is 0 Å². The molecule has 3 aromatic rings. The average molecular weight is 917 g/mol. The summed E-state index contributed by atoms with van der Waals surface area (Å²) in [4.78, 5) is 117. The van der Waals surface area contributed by atoms with Gasteiger partial charge in [0.25, 0.3) is 22.8 Å². The number of nitro groups is 3. The van der Waals surface area contributed by atoms with Crippen LogP contribution in [0.15, 0.2) is 89.1 Å². The van der Waals surface area contributed by atoms with E-state index in [-0.39, 0.29) is 65.9 Å². The van der Waals surface area contributed by atoms with Gasteiger partial charge in [-0.05, 0) is 48.9 Å². The fourth-order valence-electron chi connectivity index (χ4n) is 8.07. The molecule has 4 heterocycles.